The summed E-state index contributed by atoms with van der Waals surface area (Å²) in [5.41, 5.74) is 5.95. The maximum absolute atomic E-state index is 12.5. The van der Waals surface area contributed by atoms with E-state index >= 15 is 0 Å². The zero-order valence-corrected chi connectivity index (χ0v) is 15.5. The van der Waals surface area contributed by atoms with Crippen molar-refractivity contribution in [2.45, 2.75) is 38.6 Å². The number of fused-ring (bicyclic) bond motifs is 1. The molecule has 0 spiro atoms. The van der Waals surface area contributed by atoms with Crippen LogP contribution >= 0.6 is 0 Å². The summed E-state index contributed by atoms with van der Waals surface area (Å²) in [5, 5.41) is 0.542. The second-order valence-corrected chi connectivity index (χ2v) is 6.37. The van der Waals surface area contributed by atoms with Gasteiger partial charge in [-0.3, -0.25) is 9.59 Å². The summed E-state index contributed by atoms with van der Waals surface area (Å²) >= 11 is 0. The number of methoxy groups -OCH3 is 1. The van der Waals surface area contributed by atoms with E-state index in [4.69, 9.17) is 10.5 Å². The second-order valence-electron chi connectivity index (χ2n) is 6.37. The topological polar surface area (TPSA) is 101 Å². The van der Waals surface area contributed by atoms with Gasteiger partial charge in [-0.2, -0.15) is 0 Å². The number of nitrogens with one attached hydrogen (secondary N) is 1. The molecule has 142 valence electrons. The third kappa shape index (κ3) is 5.12. The quantitative estimate of drug-likeness (QED) is 0.631. The maximum atomic E-state index is 12.5. The van der Waals surface area contributed by atoms with Crippen LogP contribution in [0, 0.1) is 0 Å². The average Bonchev–Trinajstić information content (AvgIpc) is 2.64. The van der Waals surface area contributed by atoms with Gasteiger partial charge in [0.1, 0.15) is 12.4 Å². The van der Waals surface area contributed by atoms with Crippen molar-refractivity contribution in [1.29, 1.82) is 0 Å². The summed E-state index contributed by atoms with van der Waals surface area (Å²) in [6.07, 6.45) is 3.91. The van der Waals surface area contributed by atoms with Gasteiger partial charge in [0.2, 0.25) is 5.91 Å². The number of aromatic amines is 1. The van der Waals surface area contributed by atoms with E-state index in [1.54, 1.807) is 23.1 Å². The van der Waals surface area contributed by atoms with Crippen LogP contribution < -0.4 is 11.3 Å². The molecule has 1 aromatic carbocycles. The molecule has 2 aromatic rings. The van der Waals surface area contributed by atoms with E-state index in [2.05, 4.69) is 9.97 Å². The van der Waals surface area contributed by atoms with Gasteiger partial charge >= 0.3 is 0 Å². The lowest BCUT2D eigenvalue weighted by Crippen LogP contribution is -2.38. The highest BCUT2D eigenvalue weighted by Gasteiger charge is 2.23. The van der Waals surface area contributed by atoms with E-state index in [9.17, 15) is 9.59 Å². The van der Waals surface area contributed by atoms with Gasteiger partial charge in [0.05, 0.1) is 16.9 Å². The van der Waals surface area contributed by atoms with E-state index in [0.29, 0.717) is 29.8 Å². The van der Waals surface area contributed by atoms with Crippen molar-refractivity contribution in [3.63, 3.8) is 0 Å². The van der Waals surface area contributed by atoms with Crippen LogP contribution in [0.3, 0.4) is 0 Å². The SMILES string of the molecule is COCC(=O)N(CCCCCCN)C(C)c1nc2ccccc2c(=O)[nH]1. The molecule has 0 saturated carbocycles. The Balaban J connectivity index is 2.20. The van der Waals surface area contributed by atoms with Crippen LogP contribution in [0.1, 0.15) is 44.5 Å². The van der Waals surface area contributed by atoms with E-state index in [-0.39, 0.29) is 24.1 Å². The van der Waals surface area contributed by atoms with Crippen molar-refractivity contribution in [2.75, 3.05) is 26.8 Å². The summed E-state index contributed by atoms with van der Waals surface area (Å²) in [7, 11) is 1.50. The molecule has 7 heteroatoms. The zero-order chi connectivity index (χ0) is 18.9. The average molecular weight is 360 g/mol. The largest absolute Gasteiger partial charge is 0.375 e. The third-order valence-corrected chi connectivity index (χ3v) is 4.44. The zero-order valence-electron chi connectivity index (χ0n) is 15.5. The number of para-hydroxylation sites is 1. The molecule has 0 fully saturated rings. The molecular weight excluding hydrogens is 332 g/mol. The first-order valence-electron chi connectivity index (χ1n) is 9.06. The summed E-state index contributed by atoms with van der Waals surface area (Å²) < 4.78 is 5.01. The predicted molar refractivity (Wildman–Crippen MR) is 102 cm³/mol. The summed E-state index contributed by atoms with van der Waals surface area (Å²) in [5.74, 6) is 0.370. The molecule has 1 aromatic heterocycles. The monoisotopic (exact) mass is 360 g/mol. The number of aromatic nitrogens is 2. The van der Waals surface area contributed by atoms with E-state index in [1.807, 2.05) is 13.0 Å². The molecule has 0 aliphatic heterocycles. The van der Waals surface area contributed by atoms with Gasteiger partial charge in [0.15, 0.2) is 0 Å². The van der Waals surface area contributed by atoms with Gasteiger partial charge in [-0.1, -0.05) is 25.0 Å². The normalized spacial score (nSPS) is 12.3. The molecule has 0 saturated heterocycles. The van der Waals surface area contributed by atoms with Crippen molar-refractivity contribution in [3.05, 3.63) is 40.4 Å². The van der Waals surface area contributed by atoms with Crippen molar-refractivity contribution < 1.29 is 9.53 Å². The number of unbranched alkanes of at least 4 members (excludes halogenated alkanes) is 3. The van der Waals surface area contributed by atoms with Gasteiger partial charge in [-0.25, -0.2) is 4.98 Å². The van der Waals surface area contributed by atoms with Gasteiger partial charge < -0.3 is 20.4 Å². The molecular formula is C19H28N4O3. The van der Waals surface area contributed by atoms with Gasteiger partial charge in [-0.15, -0.1) is 0 Å². The first-order valence-corrected chi connectivity index (χ1v) is 9.06. The standard InChI is InChI=1S/C19H28N4O3/c1-14(18-21-16-10-6-5-9-15(16)19(25)22-18)23(17(24)13-26-2)12-8-4-3-7-11-20/h5-6,9-10,14H,3-4,7-8,11-13,20H2,1-2H3,(H,21,22,25). The summed E-state index contributed by atoms with van der Waals surface area (Å²) in [6, 6.07) is 6.84. The highest BCUT2D eigenvalue weighted by molar-refractivity contribution is 5.79. The molecule has 1 amide bonds. The predicted octanol–water partition coefficient (Wildman–Crippen LogP) is 1.98. The lowest BCUT2D eigenvalue weighted by atomic mass is 10.1. The van der Waals surface area contributed by atoms with Crippen LogP contribution in [0.4, 0.5) is 0 Å². The number of hydrogen-bond acceptors (Lipinski definition) is 5. The number of amides is 1. The Labute approximate surface area is 153 Å². The molecule has 0 aliphatic rings. The molecule has 1 unspecified atom stereocenters. The molecule has 2 rings (SSSR count). The Morgan fingerprint density at radius 1 is 1.27 bits per heavy atom. The van der Waals surface area contributed by atoms with Crippen molar-refractivity contribution in [2.24, 2.45) is 5.73 Å². The minimum atomic E-state index is -0.343. The van der Waals surface area contributed by atoms with Crippen molar-refractivity contribution in [3.8, 4) is 0 Å². The Bertz CT molecular complexity index is 775. The molecule has 0 radical (unpaired) electrons. The van der Waals surface area contributed by atoms with E-state index < -0.39 is 0 Å². The number of ether oxygens (including phenoxy) is 1. The fourth-order valence-electron chi connectivity index (χ4n) is 2.97. The minimum absolute atomic E-state index is 0.00491. The number of carbonyl (C=O) groups excluding carboxylic acids is 1. The lowest BCUT2D eigenvalue weighted by Gasteiger charge is -2.28. The summed E-state index contributed by atoms with van der Waals surface area (Å²) in [6.45, 7) is 3.15. The van der Waals surface area contributed by atoms with Crippen LogP contribution in [-0.4, -0.2) is 47.6 Å². The van der Waals surface area contributed by atoms with E-state index in [0.717, 1.165) is 25.7 Å². The first kappa shape index (κ1) is 20.1. The number of hydrogen-bond donors (Lipinski definition) is 2. The molecule has 3 N–H and O–H groups in total. The van der Waals surface area contributed by atoms with Crippen LogP contribution in [0.15, 0.2) is 29.1 Å². The highest BCUT2D eigenvalue weighted by Crippen LogP contribution is 2.19. The Kier molecular flexibility index (Phi) is 7.74. The molecule has 7 nitrogen and oxygen atoms in total. The molecule has 26 heavy (non-hydrogen) atoms. The van der Waals surface area contributed by atoms with Crippen molar-refractivity contribution in [1.82, 2.24) is 14.9 Å². The Morgan fingerprint density at radius 3 is 2.73 bits per heavy atom. The fraction of sp³-hybridized carbons (Fsp3) is 0.526. The molecule has 1 atom stereocenters. The minimum Gasteiger partial charge on any atom is -0.375 e. The van der Waals surface area contributed by atoms with E-state index in [1.165, 1.54) is 7.11 Å². The lowest BCUT2D eigenvalue weighted by molar-refractivity contribution is -0.137. The van der Waals surface area contributed by atoms with Crippen molar-refractivity contribution >= 4 is 16.8 Å². The van der Waals surface area contributed by atoms with Crippen LogP contribution in [0.2, 0.25) is 0 Å². The summed E-state index contributed by atoms with van der Waals surface area (Å²) in [4.78, 5) is 33.9. The number of nitrogens with two attached hydrogens (primary N) is 1. The molecule has 0 aliphatic carbocycles. The van der Waals surface area contributed by atoms with Crippen LogP contribution in [0.25, 0.3) is 10.9 Å². The number of H-pyrrole nitrogens is 1. The van der Waals surface area contributed by atoms with Crippen LogP contribution in [0.5, 0.6) is 0 Å². The number of carbonyl (C=O) groups is 1. The number of benzene rings is 1. The van der Waals surface area contributed by atoms with Gasteiger partial charge in [0, 0.05) is 13.7 Å². The highest BCUT2D eigenvalue weighted by atomic mass is 16.5. The maximum Gasteiger partial charge on any atom is 0.258 e. The molecule has 1 heterocycles. The Hall–Kier alpha value is -2.25. The number of rotatable bonds is 10. The van der Waals surface area contributed by atoms with Gasteiger partial charge in [0.25, 0.3) is 5.56 Å². The number of nitrogens with zero attached hydrogens (tertiary/aromatic N) is 2. The fourth-order valence-corrected chi connectivity index (χ4v) is 2.97. The second kappa shape index (κ2) is 10.0. The van der Waals surface area contributed by atoms with Gasteiger partial charge in [-0.05, 0) is 38.4 Å². The van der Waals surface area contributed by atoms with Crippen LogP contribution in [-0.2, 0) is 9.53 Å². The smallest absolute Gasteiger partial charge is 0.258 e. The Morgan fingerprint density at radius 2 is 2.00 bits per heavy atom. The first-order chi connectivity index (χ1) is 12.6. The molecule has 0 bridgehead atoms. The third-order valence-electron chi connectivity index (χ3n) is 4.44.